The summed E-state index contributed by atoms with van der Waals surface area (Å²) < 4.78 is 68.6. The van der Waals surface area contributed by atoms with Gasteiger partial charge in [-0.3, -0.25) is 19.8 Å². The summed E-state index contributed by atoms with van der Waals surface area (Å²) in [5.41, 5.74) is -3.91. The average molecular weight is 527 g/mol. The van der Waals surface area contributed by atoms with Gasteiger partial charge >= 0.3 is 12.2 Å². The van der Waals surface area contributed by atoms with Gasteiger partial charge in [-0.15, -0.1) is 0 Å². The first-order valence-electron chi connectivity index (χ1n) is 10.5. The number of carbonyl (C=O) groups is 3. The Hall–Kier alpha value is -4.36. The lowest BCUT2D eigenvalue weighted by molar-refractivity contribution is -0.200. The lowest BCUT2D eigenvalue weighted by Gasteiger charge is -2.30. The van der Waals surface area contributed by atoms with Crippen LogP contribution in [0.5, 0.6) is 28.7 Å². The summed E-state index contributed by atoms with van der Waals surface area (Å²) in [6, 6.07) is 5.37. The number of amides is 4. The summed E-state index contributed by atoms with van der Waals surface area (Å²) in [6.45, 7) is -0.564. The van der Waals surface area contributed by atoms with Crippen LogP contribution in [-0.2, 0) is 11.3 Å². The normalized spacial score (nSPS) is 17.2. The van der Waals surface area contributed by atoms with Gasteiger partial charge in [0, 0.05) is 6.07 Å². The summed E-state index contributed by atoms with van der Waals surface area (Å²) in [5, 5.41) is 3.24. The molecule has 0 spiro atoms. The van der Waals surface area contributed by atoms with Crippen molar-refractivity contribution in [3.63, 3.8) is 0 Å². The fraction of sp³-hybridized carbons (Fsp3) is 0.348. The Labute approximate surface area is 209 Å². The van der Waals surface area contributed by atoms with Gasteiger partial charge < -0.3 is 29.0 Å². The van der Waals surface area contributed by atoms with Gasteiger partial charge in [0.25, 0.3) is 17.5 Å². The molecular weight excluding hydrogens is 503 g/mol. The van der Waals surface area contributed by atoms with Crippen LogP contribution in [-0.4, -0.2) is 70.1 Å². The largest absolute Gasteiger partial charge is 0.497 e. The average Bonchev–Trinajstić information content (AvgIpc) is 3.11. The topological polar surface area (TPSA) is 125 Å². The van der Waals surface area contributed by atoms with E-state index in [1.165, 1.54) is 59.8 Å². The molecule has 37 heavy (non-hydrogen) atoms. The molecule has 2 aromatic carbocycles. The number of hydrogen-bond acceptors (Lipinski definition) is 8. The van der Waals surface area contributed by atoms with Gasteiger partial charge in [-0.25, -0.2) is 4.79 Å². The summed E-state index contributed by atoms with van der Waals surface area (Å²) >= 11 is 0. The molecule has 3 rings (SSSR count). The number of ether oxygens (including phenoxy) is 5. The van der Waals surface area contributed by atoms with Crippen molar-refractivity contribution in [3.8, 4) is 28.7 Å². The fourth-order valence-electron chi connectivity index (χ4n) is 3.73. The van der Waals surface area contributed by atoms with Crippen LogP contribution < -0.4 is 34.3 Å². The zero-order chi connectivity index (χ0) is 27.5. The summed E-state index contributed by atoms with van der Waals surface area (Å²) in [6.07, 6.45) is -5.42. The number of benzene rings is 2. The Balaban J connectivity index is 2.00. The molecule has 11 nitrogen and oxygen atoms in total. The van der Waals surface area contributed by atoms with Crippen molar-refractivity contribution in [1.29, 1.82) is 0 Å². The molecule has 4 amide bonds. The Kier molecular flexibility index (Phi) is 7.60. The van der Waals surface area contributed by atoms with E-state index in [4.69, 9.17) is 23.7 Å². The molecule has 14 heteroatoms. The predicted molar refractivity (Wildman–Crippen MR) is 121 cm³/mol. The highest BCUT2D eigenvalue weighted by molar-refractivity contribution is 6.10. The molecule has 1 unspecified atom stereocenters. The molecule has 0 bridgehead atoms. The van der Waals surface area contributed by atoms with Gasteiger partial charge in [0.15, 0.2) is 11.5 Å². The maximum absolute atomic E-state index is 14.3. The smallest absolute Gasteiger partial charge is 0.440 e. The van der Waals surface area contributed by atoms with Crippen LogP contribution in [0.2, 0.25) is 0 Å². The first-order chi connectivity index (χ1) is 17.5. The number of rotatable bonds is 9. The van der Waals surface area contributed by atoms with E-state index in [-0.39, 0.29) is 34.3 Å². The van der Waals surface area contributed by atoms with Crippen molar-refractivity contribution >= 4 is 17.8 Å². The molecule has 1 aliphatic rings. The zero-order valence-electron chi connectivity index (χ0n) is 20.4. The minimum absolute atomic E-state index is 0.0610. The van der Waals surface area contributed by atoms with Crippen LogP contribution in [0, 0.1) is 0 Å². The minimum atomic E-state index is -5.42. The van der Waals surface area contributed by atoms with E-state index in [0.29, 0.717) is 4.90 Å². The van der Waals surface area contributed by atoms with E-state index in [0.717, 1.165) is 6.07 Å². The number of alkyl halides is 3. The van der Waals surface area contributed by atoms with E-state index >= 15 is 0 Å². The van der Waals surface area contributed by atoms with E-state index < -0.39 is 41.8 Å². The SMILES string of the molecule is COc1cc(CN2C(=O)NC(NC(=O)c3ccc(OC)c(OC)c3OC)(C(F)(F)F)C2=O)cc(OC)c1. The lowest BCUT2D eigenvalue weighted by Crippen LogP contribution is -2.69. The van der Waals surface area contributed by atoms with Gasteiger partial charge in [-0.1, -0.05) is 0 Å². The third kappa shape index (κ3) is 4.86. The molecule has 1 heterocycles. The monoisotopic (exact) mass is 527 g/mol. The highest BCUT2D eigenvalue weighted by Crippen LogP contribution is 2.41. The highest BCUT2D eigenvalue weighted by atomic mass is 19.4. The number of methoxy groups -OCH3 is 5. The maximum Gasteiger partial charge on any atom is 0.440 e. The zero-order valence-corrected chi connectivity index (χ0v) is 20.4. The number of nitrogens with zero attached hydrogens (tertiary/aromatic N) is 1. The van der Waals surface area contributed by atoms with Crippen LogP contribution in [0.3, 0.4) is 0 Å². The van der Waals surface area contributed by atoms with Crippen molar-refractivity contribution in [2.75, 3.05) is 35.5 Å². The Morgan fingerprint density at radius 2 is 1.51 bits per heavy atom. The molecule has 0 saturated carbocycles. The molecule has 1 fully saturated rings. The van der Waals surface area contributed by atoms with Gasteiger partial charge in [0.05, 0.1) is 47.7 Å². The number of urea groups is 1. The molecule has 1 aliphatic heterocycles. The molecule has 2 N–H and O–H groups in total. The molecule has 1 atom stereocenters. The third-order valence-electron chi connectivity index (χ3n) is 5.53. The Morgan fingerprint density at radius 1 is 0.919 bits per heavy atom. The number of hydrogen-bond donors (Lipinski definition) is 2. The molecule has 0 aromatic heterocycles. The van der Waals surface area contributed by atoms with Crippen molar-refractivity contribution < 1.29 is 51.2 Å². The number of nitrogens with one attached hydrogen (secondary N) is 2. The molecule has 0 radical (unpaired) electrons. The van der Waals surface area contributed by atoms with Crippen molar-refractivity contribution in [2.45, 2.75) is 18.4 Å². The van der Waals surface area contributed by atoms with Gasteiger partial charge in [-0.05, 0) is 29.8 Å². The third-order valence-corrected chi connectivity index (χ3v) is 5.53. The predicted octanol–water partition coefficient (Wildman–Crippen LogP) is 2.47. The highest BCUT2D eigenvalue weighted by Gasteiger charge is 2.69. The Bertz CT molecular complexity index is 1200. The van der Waals surface area contributed by atoms with E-state index in [1.807, 2.05) is 0 Å². The van der Waals surface area contributed by atoms with Crippen LogP contribution >= 0.6 is 0 Å². The van der Waals surface area contributed by atoms with Crippen LogP contribution in [0.1, 0.15) is 15.9 Å². The molecule has 2 aromatic rings. The second-order valence-corrected chi connectivity index (χ2v) is 7.63. The second kappa shape index (κ2) is 10.3. The first-order valence-corrected chi connectivity index (χ1v) is 10.5. The van der Waals surface area contributed by atoms with Crippen LogP contribution in [0.25, 0.3) is 0 Å². The number of imide groups is 1. The van der Waals surface area contributed by atoms with Crippen molar-refractivity contribution in [1.82, 2.24) is 15.5 Å². The van der Waals surface area contributed by atoms with Crippen LogP contribution in [0.4, 0.5) is 18.0 Å². The lowest BCUT2D eigenvalue weighted by atomic mass is 10.1. The fourth-order valence-corrected chi connectivity index (χ4v) is 3.73. The minimum Gasteiger partial charge on any atom is -0.497 e. The summed E-state index contributed by atoms with van der Waals surface area (Å²) in [5.74, 6) is -2.68. The molecule has 1 saturated heterocycles. The number of carbonyl (C=O) groups excluding carboxylic acids is 3. The first kappa shape index (κ1) is 27.2. The van der Waals surface area contributed by atoms with E-state index in [2.05, 4.69) is 0 Å². The van der Waals surface area contributed by atoms with Crippen LogP contribution in [0.15, 0.2) is 30.3 Å². The second-order valence-electron chi connectivity index (χ2n) is 7.63. The molecular formula is C23H24F3N3O8. The van der Waals surface area contributed by atoms with Crippen molar-refractivity contribution in [3.05, 3.63) is 41.5 Å². The van der Waals surface area contributed by atoms with E-state index in [9.17, 15) is 27.6 Å². The van der Waals surface area contributed by atoms with Gasteiger partial charge in [-0.2, -0.15) is 13.2 Å². The summed E-state index contributed by atoms with van der Waals surface area (Å²) in [4.78, 5) is 39.1. The van der Waals surface area contributed by atoms with Gasteiger partial charge in [0.1, 0.15) is 11.5 Å². The molecule has 0 aliphatic carbocycles. The standard InChI is InChI=1S/C23H24F3N3O8/c1-33-13-8-12(9-14(10-13)34-2)11-29-20(31)22(23(24,25)26,28-21(29)32)27-19(30)15-6-7-16(35-3)18(37-5)17(15)36-4/h6-10H,11H2,1-5H3,(H,27,30)(H,28,32). The Morgan fingerprint density at radius 3 is 2.00 bits per heavy atom. The summed E-state index contributed by atoms with van der Waals surface area (Å²) in [7, 11) is 6.44. The quantitative estimate of drug-likeness (QED) is 0.477. The number of halogens is 3. The van der Waals surface area contributed by atoms with Crippen molar-refractivity contribution in [2.24, 2.45) is 0 Å². The van der Waals surface area contributed by atoms with E-state index in [1.54, 1.807) is 10.6 Å². The van der Waals surface area contributed by atoms with Gasteiger partial charge in [0.2, 0.25) is 5.75 Å². The molecule has 200 valence electrons. The maximum atomic E-state index is 14.3.